The molecular formula is C16H18N4O2. The molecule has 2 aliphatic rings. The van der Waals surface area contributed by atoms with Crippen LogP contribution in [0.15, 0.2) is 41.5 Å². The SMILES string of the molecule is O=C(c1ccoc1)N1C[C@@H]2CCN(c3ncccn3)C[C@@H]2C1. The number of carbonyl (C=O) groups excluding carboxylic acids is 1. The standard InChI is InChI=1S/C16H18N4O2/c21-15(13-3-7-22-11-13)20-8-12-2-6-19(9-14(12)10-20)16-17-4-1-5-18-16/h1,3-5,7,11-12,14H,2,6,8-10H2/t12-,14+/m0/s1. The molecule has 2 aromatic heterocycles. The van der Waals surface area contributed by atoms with E-state index in [1.807, 2.05) is 11.0 Å². The molecule has 2 saturated heterocycles. The highest BCUT2D eigenvalue weighted by atomic mass is 16.3. The van der Waals surface area contributed by atoms with Crippen LogP contribution < -0.4 is 4.90 Å². The average Bonchev–Trinajstić information content (AvgIpc) is 3.23. The molecule has 0 aromatic carbocycles. The molecule has 0 radical (unpaired) electrons. The quantitative estimate of drug-likeness (QED) is 0.844. The lowest BCUT2D eigenvalue weighted by Crippen LogP contribution is -2.40. The molecule has 22 heavy (non-hydrogen) atoms. The van der Waals surface area contributed by atoms with Crippen LogP contribution in [-0.4, -0.2) is 47.0 Å². The van der Waals surface area contributed by atoms with E-state index in [-0.39, 0.29) is 5.91 Å². The number of nitrogens with zero attached hydrogens (tertiary/aromatic N) is 4. The summed E-state index contributed by atoms with van der Waals surface area (Å²) in [5.74, 6) is 1.94. The maximum atomic E-state index is 12.4. The van der Waals surface area contributed by atoms with E-state index in [2.05, 4.69) is 14.9 Å². The van der Waals surface area contributed by atoms with Crippen molar-refractivity contribution in [3.05, 3.63) is 42.6 Å². The Balaban J connectivity index is 1.45. The van der Waals surface area contributed by atoms with Crippen LogP contribution in [0.4, 0.5) is 5.95 Å². The Bertz CT molecular complexity index is 643. The van der Waals surface area contributed by atoms with Gasteiger partial charge in [0.25, 0.3) is 5.91 Å². The molecule has 6 heteroatoms. The van der Waals surface area contributed by atoms with Gasteiger partial charge in [0.2, 0.25) is 5.95 Å². The van der Waals surface area contributed by atoms with Crippen LogP contribution >= 0.6 is 0 Å². The Morgan fingerprint density at radius 2 is 2.00 bits per heavy atom. The van der Waals surface area contributed by atoms with E-state index in [0.29, 0.717) is 17.4 Å². The predicted octanol–water partition coefficient (Wildman–Crippen LogP) is 1.67. The topological polar surface area (TPSA) is 62.5 Å². The molecule has 2 aromatic rings. The first kappa shape index (κ1) is 13.3. The normalized spacial score (nSPS) is 24.4. The van der Waals surface area contributed by atoms with E-state index in [1.54, 1.807) is 24.7 Å². The second-order valence-corrected chi connectivity index (χ2v) is 6.03. The highest BCUT2D eigenvalue weighted by Crippen LogP contribution is 2.33. The third-order valence-corrected chi connectivity index (χ3v) is 4.69. The van der Waals surface area contributed by atoms with Crippen molar-refractivity contribution in [3.8, 4) is 0 Å². The monoisotopic (exact) mass is 298 g/mol. The summed E-state index contributed by atoms with van der Waals surface area (Å²) in [6.07, 6.45) is 7.70. The summed E-state index contributed by atoms with van der Waals surface area (Å²) in [6.45, 7) is 3.53. The van der Waals surface area contributed by atoms with Crippen LogP contribution in [0.25, 0.3) is 0 Å². The third-order valence-electron chi connectivity index (χ3n) is 4.69. The highest BCUT2D eigenvalue weighted by molar-refractivity contribution is 5.94. The first-order valence-electron chi connectivity index (χ1n) is 7.64. The number of fused-ring (bicyclic) bond motifs is 1. The number of hydrogen-bond acceptors (Lipinski definition) is 5. The number of anilines is 1. The van der Waals surface area contributed by atoms with E-state index in [0.717, 1.165) is 38.5 Å². The van der Waals surface area contributed by atoms with Crippen LogP contribution in [0.5, 0.6) is 0 Å². The zero-order valence-corrected chi connectivity index (χ0v) is 12.3. The maximum absolute atomic E-state index is 12.4. The minimum atomic E-state index is 0.0747. The lowest BCUT2D eigenvalue weighted by molar-refractivity contribution is 0.0784. The van der Waals surface area contributed by atoms with Crippen LogP contribution in [0, 0.1) is 11.8 Å². The molecule has 4 heterocycles. The van der Waals surface area contributed by atoms with E-state index in [4.69, 9.17) is 4.42 Å². The number of carbonyl (C=O) groups is 1. The number of likely N-dealkylation sites (tertiary alicyclic amines) is 1. The second kappa shape index (κ2) is 5.44. The fourth-order valence-corrected chi connectivity index (χ4v) is 3.54. The van der Waals surface area contributed by atoms with Crippen LogP contribution in [-0.2, 0) is 0 Å². The summed E-state index contributed by atoms with van der Waals surface area (Å²) >= 11 is 0. The number of amides is 1. The Kier molecular flexibility index (Phi) is 3.29. The molecule has 0 bridgehead atoms. The molecule has 0 saturated carbocycles. The van der Waals surface area contributed by atoms with Crippen LogP contribution in [0.3, 0.4) is 0 Å². The van der Waals surface area contributed by atoms with Crippen molar-refractivity contribution in [1.82, 2.24) is 14.9 Å². The van der Waals surface area contributed by atoms with Gasteiger partial charge in [-0.15, -0.1) is 0 Å². The minimum Gasteiger partial charge on any atom is -0.472 e. The van der Waals surface area contributed by atoms with Gasteiger partial charge in [0.15, 0.2) is 0 Å². The first-order valence-corrected chi connectivity index (χ1v) is 7.64. The molecule has 6 nitrogen and oxygen atoms in total. The smallest absolute Gasteiger partial charge is 0.257 e. The molecule has 0 unspecified atom stereocenters. The van der Waals surface area contributed by atoms with Gasteiger partial charge in [-0.3, -0.25) is 4.79 Å². The summed E-state index contributed by atoms with van der Waals surface area (Å²) in [7, 11) is 0. The summed E-state index contributed by atoms with van der Waals surface area (Å²) in [6, 6.07) is 3.56. The first-order chi connectivity index (χ1) is 10.8. The summed E-state index contributed by atoms with van der Waals surface area (Å²) in [5, 5.41) is 0. The molecule has 2 atom stereocenters. The van der Waals surface area contributed by atoms with Gasteiger partial charge in [0.1, 0.15) is 6.26 Å². The number of hydrogen-bond donors (Lipinski definition) is 0. The van der Waals surface area contributed by atoms with Crippen molar-refractivity contribution in [2.75, 3.05) is 31.1 Å². The average molecular weight is 298 g/mol. The number of aromatic nitrogens is 2. The van der Waals surface area contributed by atoms with Gasteiger partial charge in [-0.05, 0) is 30.4 Å². The Hall–Kier alpha value is -2.37. The Morgan fingerprint density at radius 1 is 1.18 bits per heavy atom. The third kappa shape index (κ3) is 2.34. The van der Waals surface area contributed by atoms with Gasteiger partial charge in [0, 0.05) is 38.6 Å². The van der Waals surface area contributed by atoms with Crippen molar-refractivity contribution < 1.29 is 9.21 Å². The van der Waals surface area contributed by atoms with Crippen molar-refractivity contribution in [1.29, 1.82) is 0 Å². The number of furan rings is 1. The molecule has 114 valence electrons. The predicted molar refractivity (Wildman–Crippen MR) is 80.5 cm³/mol. The van der Waals surface area contributed by atoms with Crippen molar-refractivity contribution in [3.63, 3.8) is 0 Å². The van der Waals surface area contributed by atoms with Crippen LogP contribution in [0.2, 0.25) is 0 Å². The molecule has 4 rings (SSSR count). The fraction of sp³-hybridized carbons (Fsp3) is 0.438. The second-order valence-electron chi connectivity index (χ2n) is 6.03. The molecule has 0 aliphatic carbocycles. The fourth-order valence-electron chi connectivity index (χ4n) is 3.54. The van der Waals surface area contributed by atoms with Crippen molar-refractivity contribution in [2.45, 2.75) is 6.42 Å². The lowest BCUT2D eigenvalue weighted by atomic mass is 9.89. The molecule has 1 amide bonds. The van der Waals surface area contributed by atoms with E-state index in [9.17, 15) is 4.79 Å². The summed E-state index contributed by atoms with van der Waals surface area (Å²) < 4.78 is 5.02. The van der Waals surface area contributed by atoms with Gasteiger partial charge < -0.3 is 14.2 Å². The molecule has 0 spiro atoms. The van der Waals surface area contributed by atoms with Crippen molar-refractivity contribution >= 4 is 11.9 Å². The Labute approximate surface area is 128 Å². The minimum absolute atomic E-state index is 0.0747. The van der Waals surface area contributed by atoms with Gasteiger partial charge in [-0.25, -0.2) is 9.97 Å². The van der Waals surface area contributed by atoms with E-state index < -0.39 is 0 Å². The van der Waals surface area contributed by atoms with Gasteiger partial charge in [0.05, 0.1) is 11.8 Å². The zero-order chi connectivity index (χ0) is 14.9. The molecule has 2 aliphatic heterocycles. The number of rotatable bonds is 2. The maximum Gasteiger partial charge on any atom is 0.257 e. The van der Waals surface area contributed by atoms with Gasteiger partial charge in [-0.1, -0.05) is 0 Å². The van der Waals surface area contributed by atoms with Crippen LogP contribution in [0.1, 0.15) is 16.8 Å². The zero-order valence-electron chi connectivity index (χ0n) is 12.3. The molecule has 2 fully saturated rings. The van der Waals surface area contributed by atoms with E-state index >= 15 is 0 Å². The number of piperidine rings is 1. The molecule has 0 N–H and O–H groups in total. The van der Waals surface area contributed by atoms with Crippen molar-refractivity contribution in [2.24, 2.45) is 11.8 Å². The molecular weight excluding hydrogens is 280 g/mol. The largest absolute Gasteiger partial charge is 0.472 e. The highest BCUT2D eigenvalue weighted by Gasteiger charge is 2.39. The van der Waals surface area contributed by atoms with Gasteiger partial charge in [-0.2, -0.15) is 0 Å². The van der Waals surface area contributed by atoms with Gasteiger partial charge >= 0.3 is 0 Å². The van der Waals surface area contributed by atoms with E-state index in [1.165, 1.54) is 6.26 Å². The Morgan fingerprint density at radius 3 is 2.77 bits per heavy atom. The lowest BCUT2D eigenvalue weighted by Gasteiger charge is -2.34. The summed E-state index contributed by atoms with van der Waals surface area (Å²) in [5.41, 5.74) is 0.641. The summed E-state index contributed by atoms with van der Waals surface area (Å²) in [4.78, 5) is 25.3.